The number of aryl methyl sites for hydroxylation is 1. The Bertz CT molecular complexity index is 1880. The fraction of sp³-hybridized carbons (Fsp3) is 0.500. The number of phenols is 1. The summed E-state index contributed by atoms with van der Waals surface area (Å²) in [5.74, 6) is -1.96. The van der Waals surface area contributed by atoms with E-state index in [2.05, 4.69) is 20.5 Å². The van der Waals surface area contributed by atoms with Crippen LogP contribution in [0.4, 0.5) is 19.0 Å². The third-order valence-corrected chi connectivity index (χ3v) is 10.6. The molecule has 48 heavy (non-hydrogen) atoms. The highest BCUT2D eigenvalue weighted by atomic mass is 19.1. The maximum absolute atomic E-state index is 17.1. The number of nitrogens with one attached hydrogen (secondary N) is 2. The minimum atomic E-state index is -1.08. The lowest BCUT2D eigenvalue weighted by Gasteiger charge is -2.40. The fourth-order valence-corrected chi connectivity index (χ4v) is 8.37. The van der Waals surface area contributed by atoms with Crippen molar-refractivity contribution < 1.29 is 32.9 Å². The lowest BCUT2D eigenvalue weighted by molar-refractivity contribution is 0.121. The molecule has 3 fully saturated rings. The Morgan fingerprint density at radius 1 is 1.06 bits per heavy atom. The van der Waals surface area contributed by atoms with Crippen molar-refractivity contribution in [2.75, 3.05) is 44.4 Å². The highest BCUT2D eigenvalue weighted by Gasteiger charge is 2.44. The summed E-state index contributed by atoms with van der Waals surface area (Å²) >= 11 is 0. The molecule has 5 heterocycles. The van der Waals surface area contributed by atoms with Gasteiger partial charge in [-0.05, 0) is 78.0 Å². The number of aromatic nitrogens is 2. The van der Waals surface area contributed by atoms with Crippen LogP contribution >= 0.6 is 0 Å². The van der Waals surface area contributed by atoms with Crippen LogP contribution in [0.2, 0.25) is 0 Å². The van der Waals surface area contributed by atoms with Crippen LogP contribution in [0.5, 0.6) is 17.5 Å². The molecule has 3 aromatic carbocycles. The van der Waals surface area contributed by atoms with Gasteiger partial charge in [-0.1, -0.05) is 25.1 Å². The Morgan fingerprint density at radius 3 is 2.77 bits per heavy atom. The van der Waals surface area contributed by atoms with Crippen LogP contribution in [0.3, 0.4) is 0 Å². The number of aliphatic hydroxyl groups is 1. The minimum absolute atomic E-state index is 0.0322. The van der Waals surface area contributed by atoms with Gasteiger partial charge in [-0.25, -0.2) is 13.2 Å². The second-order valence-electron chi connectivity index (χ2n) is 13.8. The molecule has 4 aliphatic rings. The number of halogens is 3. The molecular weight excluding hydrogens is 623 g/mol. The quantitative estimate of drug-likeness (QED) is 0.226. The molecule has 4 aliphatic heterocycles. The van der Waals surface area contributed by atoms with E-state index in [0.29, 0.717) is 42.5 Å². The van der Waals surface area contributed by atoms with Crippen molar-refractivity contribution in [3.05, 3.63) is 47.5 Å². The summed E-state index contributed by atoms with van der Waals surface area (Å²) in [6, 6.07) is 8.56. The maximum Gasteiger partial charge on any atom is 0.319 e. The van der Waals surface area contributed by atoms with Crippen molar-refractivity contribution >= 4 is 27.5 Å². The van der Waals surface area contributed by atoms with E-state index in [-0.39, 0.29) is 102 Å². The van der Waals surface area contributed by atoms with E-state index in [0.717, 1.165) is 18.4 Å². The topological polar surface area (TPSA) is 112 Å². The number of anilines is 1. The van der Waals surface area contributed by atoms with Gasteiger partial charge in [0.15, 0.2) is 17.4 Å². The summed E-state index contributed by atoms with van der Waals surface area (Å²) < 4.78 is 61.2. The first kappa shape index (κ1) is 31.4. The van der Waals surface area contributed by atoms with Gasteiger partial charge in [0.05, 0.1) is 23.6 Å². The number of ether oxygens (including phenoxy) is 2. The number of nitrogens with zero attached hydrogens (tertiary/aromatic N) is 3. The second-order valence-corrected chi connectivity index (χ2v) is 13.8. The van der Waals surface area contributed by atoms with E-state index in [1.165, 1.54) is 6.07 Å². The van der Waals surface area contributed by atoms with Crippen LogP contribution in [-0.2, 0) is 6.42 Å². The first-order chi connectivity index (χ1) is 23.3. The van der Waals surface area contributed by atoms with Gasteiger partial charge in [0.1, 0.15) is 29.9 Å². The number of fused-ring (bicyclic) bond motifs is 6. The van der Waals surface area contributed by atoms with E-state index in [4.69, 9.17) is 14.5 Å². The molecule has 6 atom stereocenters. The lowest BCUT2D eigenvalue weighted by Crippen LogP contribution is -2.60. The van der Waals surface area contributed by atoms with E-state index < -0.39 is 17.8 Å². The zero-order valence-corrected chi connectivity index (χ0v) is 26.8. The summed E-state index contributed by atoms with van der Waals surface area (Å²) in [6.07, 6.45) is 2.21. The van der Waals surface area contributed by atoms with Crippen LogP contribution in [0, 0.1) is 23.5 Å². The molecule has 4 aromatic rings. The third-order valence-electron chi connectivity index (χ3n) is 10.6. The zero-order valence-electron chi connectivity index (χ0n) is 26.8. The molecule has 4 N–H and O–H groups in total. The maximum atomic E-state index is 17.1. The van der Waals surface area contributed by atoms with Gasteiger partial charge < -0.3 is 35.2 Å². The van der Waals surface area contributed by atoms with Gasteiger partial charge in [-0.15, -0.1) is 0 Å². The van der Waals surface area contributed by atoms with Gasteiger partial charge in [0.2, 0.25) is 0 Å². The largest absolute Gasteiger partial charge is 0.508 e. The molecular formula is C36H40F3N5O4. The molecule has 9 nitrogen and oxygen atoms in total. The molecule has 2 bridgehead atoms. The molecule has 8 rings (SSSR count). The predicted octanol–water partition coefficient (Wildman–Crippen LogP) is 5.02. The standard InChI is InChI=1S/C36H40F3N5O4/c1-2-20-4-3-5-21-10-24(46)11-25(28(20)21)29-31(38)33-30-34(32(29)39)47-17-27-26-7-6-23(41-26)14-44(27)35(30)43-36(42-33)48-16-18-8-19(15-45)12-40-13-22(37)9-18/h3-5,10-11,18-19,22-23,26-27,40-41,45-46H,2,6-9,12-17H2,1H3/t18-,19-,22-,23?,26?,27?/m1/s1. The summed E-state index contributed by atoms with van der Waals surface area (Å²) in [6.45, 7) is 3.45. The van der Waals surface area contributed by atoms with Crippen molar-refractivity contribution in [2.45, 2.75) is 63.3 Å². The first-order valence-electron chi connectivity index (χ1n) is 17.0. The molecule has 0 radical (unpaired) electrons. The van der Waals surface area contributed by atoms with Gasteiger partial charge in [0.25, 0.3) is 0 Å². The number of phenolic OH excluding ortho intramolecular Hbond substituents is 1. The Balaban J connectivity index is 1.30. The van der Waals surface area contributed by atoms with Crippen molar-refractivity contribution in [1.82, 2.24) is 20.6 Å². The van der Waals surface area contributed by atoms with E-state index >= 15 is 8.78 Å². The van der Waals surface area contributed by atoms with Gasteiger partial charge in [-0.3, -0.25) is 0 Å². The number of benzene rings is 3. The number of rotatable bonds is 6. The molecule has 0 spiro atoms. The Kier molecular flexibility index (Phi) is 8.20. The number of aromatic hydroxyl groups is 1. The predicted molar refractivity (Wildman–Crippen MR) is 177 cm³/mol. The van der Waals surface area contributed by atoms with Crippen LogP contribution in [0.25, 0.3) is 32.8 Å². The van der Waals surface area contributed by atoms with Gasteiger partial charge in [-0.2, -0.15) is 9.97 Å². The number of hydrogen-bond donors (Lipinski definition) is 4. The number of alkyl halides is 1. The molecule has 1 aromatic heterocycles. The molecule has 0 saturated carbocycles. The smallest absolute Gasteiger partial charge is 0.319 e. The SMILES string of the molecule is CCc1cccc2cc(O)cc(-c3c(F)c4c5c(nc(OC[C@H]6C[C@@H](F)CNC[C@H](CO)C6)nc5c3F)N3CC5CCC(N5)C3CO4)c12. The Morgan fingerprint density at radius 2 is 1.94 bits per heavy atom. The van der Waals surface area contributed by atoms with E-state index in [9.17, 15) is 14.6 Å². The van der Waals surface area contributed by atoms with Gasteiger partial charge in [0, 0.05) is 38.3 Å². The molecule has 254 valence electrons. The monoisotopic (exact) mass is 663 g/mol. The number of hydrogen-bond acceptors (Lipinski definition) is 9. The van der Waals surface area contributed by atoms with Crippen molar-refractivity contribution in [2.24, 2.45) is 11.8 Å². The average Bonchev–Trinajstić information content (AvgIpc) is 3.38. The summed E-state index contributed by atoms with van der Waals surface area (Å²) in [5, 5.41) is 28.7. The zero-order chi connectivity index (χ0) is 33.1. The van der Waals surface area contributed by atoms with Crippen LogP contribution in [0.15, 0.2) is 30.3 Å². The van der Waals surface area contributed by atoms with E-state index in [1.54, 1.807) is 12.1 Å². The summed E-state index contributed by atoms with van der Waals surface area (Å²) in [5.41, 5.74) is 0.600. The first-order valence-corrected chi connectivity index (χ1v) is 17.0. The normalized spacial score (nSPS) is 26.9. The van der Waals surface area contributed by atoms with Crippen molar-refractivity contribution in [1.29, 1.82) is 0 Å². The Hall–Kier alpha value is -3.87. The number of piperazine rings is 1. The van der Waals surface area contributed by atoms with Crippen molar-refractivity contribution in [3.8, 4) is 28.6 Å². The molecule has 0 aliphatic carbocycles. The summed E-state index contributed by atoms with van der Waals surface area (Å²) in [7, 11) is 0. The summed E-state index contributed by atoms with van der Waals surface area (Å²) in [4.78, 5) is 11.4. The Labute approximate surface area is 276 Å². The van der Waals surface area contributed by atoms with Crippen molar-refractivity contribution in [3.63, 3.8) is 0 Å². The molecule has 12 heteroatoms. The highest BCUT2D eigenvalue weighted by Crippen LogP contribution is 2.48. The second kappa shape index (κ2) is 12.5. The minimum Gasteiger partial charge on any atom is -0.508 e. The molecule has 3 saturated heterocycles. The van der Waals surface area contributed by atoms with E-state index in [1.807, 2.05) is 19.1 Å². The fourth-order valence-electron chi connectivity index (χ4n) is 8.37. The third kappa shape index (κ3) is 5.38. The van der Waals surface area contributed by atoms with Gasteiger partial charge >= 0.3 is 6.01 Å². The average molecular weight is 664 g/mol. The molecule has 0 amide bonds. The van der Waals surface area contributed by atoms with Crippen LogP contribution < -0.4 is 25.0 Å². The van der Waals surface area contributed by atoms with Crippen LogP contribution in [0.1, 0.15) is 38.2 Å². The highest BCUT2D eigenvalue weighted by molar-refractivity contribution is 6.05. The molecule has 3 unspecified atom stereocenters. The lowest BCUT2D eigenvalue weighted by atomic mass is 9.89. The number of aliphatic hydroxyl groups excluding tert-OH is 1. The van der Waals surface area contributed by atoms with Crippen LogP contribution in [-0.4, -0.2) is 83.9 Å².